The van der Waals surface area contributed by atoms with Crippen LogP contribution in [-0.4, -0.2) is 28.6 Å². The lowest BCUT2D eigenvalue weighted by atomic mass is 10.1. The van der Waals surface area contributed by atoms with Crippen molar-refractivity contribution in [1.82, 2.24) is 10.3 Å². The van der Waals surface area contributed by atoms with Gasteiger partial charge in [-0.1, -0.05) is 30.0 Å². The molecule has 2 amide bonds. The van der Waals surface area contributed by atoms with Crippen LogP contribution in [0.15, 0.2) is 53.7 Å². The summed E-state index contributed by atoms with van der Waals surface area (Å²) in [5.74, 6) is -0.511. The van der Waals surface area contributed by atoms with Crippen LogP contribution < -0.4 is 10.2 Å². The van der Waals surface area contributed by atoms with Crippen LogP contribution in [0.5, 0.6) is 0 Å². The number of aromatic nitrogens is 1. The molecule has 2 heterocycles. The van der Waals surface area contributed by atoms with Gasteiger partial charge in [0, 0.05) is 30.9 Å². The average Bonchev–Trinajstić information content (AvgIpc) is 2.58. The number of hydrogen-bond donors (Lipinski definition) is 1. The molecule has 1 unspecified atom stereocenters. The van der Waals surface area contributed by atoms with Crippen LogP contribution in [0.1, 0.15) is 12.5 Å². The van der Waals surface area contributed by atoms with Gasteiger partial charge in [-0.3, -0.25) is 14.6 Å². The van der Waals surface area contributed by atoms with E-state index in [4.69, 9.17) is 0 Å². The molecule has 0 saturated heterocycles. The molecular weight excluding hydrogens is 310 g/mol. The van der Waals surface area contributed by atoms with Crippen LogP contribution in [0.2, 0.25) is 0 Å². The molecule has 0 saturated carbocycles. The van der Waals surface area contributed by atoms with E-state index in [2.05, 4.69) is 10.3 Å². The number of carbonyl (C=O) groups is 2. The Morgan fingerprint density at radius 1 is 1.30 bits per heavy atom. The lowest BCUT2D eigenvalue weighted by molar-refractivity contribution is -0.131. The summed E-state index contributed by atoms with van der Waals surface area (Å²) in [4.78, 5) is 31.8. The molecule has 1 aliphatic rings. The third kappa shape index (κ3) is 2.82. The highest BCUT2D eigenvalue weighted by molar-refractivity contribution is 8.02. The molecule has 1 aromatic carbocycles. The Hall–Kier alpha value is -2.34. The quantitative estimate of drug-likeness (QED) is 0.878. The van der Waals surface area contributed by atoms with E-state index in [1.807, 2.05) is 36.4 Å². The number of pyridine rings is 1. The smallest absolute Gasteiger partial charge is 0.252 e. The fraction of sp³-hybridized carbons (Fsp3) is 0.235. The first-order valence-electron chi connectivity index (χ1n) is 7.26. The molecule has 2 aromatic rings. The number of amides is 2. The number of carbonyl (C=O) groups excluding carboxylic acids is 2. The number of nitrogens with zero attached hydrogens (tertiary/aromatic N) is 2. The van der Waals surface area contributed by atoms with Crippen LogP contribution in [0.3, 0.4) is 0 Å². The van der Waals surface area contributed by atoms with Crippen molar-refractivity contribution in [2.45, 2.75) is 23.1 Å². The molecule has 0 fully saturated rings. The summed E-state index contributed by atoms with van der Waals surface area (Å²) in [7, 11) is 1.70. The van der Waals surface area contributed by atoms with Crippen LogP contribution in [0.4, 0.5) is 5.69 Å². The first kappa shape index (κ1) is 15.6. The van der Waals surface area contributed by atoms with Gasteiger partial charge in [-0.25, -0.2) is 0 Å². The van der Waals surface area contributed by atoms with Gasteiger partial charge in [-0.2, -0.15) is 0 Å². The Bertz CT molecular complexity index is 751. The van der Waals surface area contributed by atoms with E-state index in [-0.39, 0.29) is 11.8 Å². The minimum atomic E-state index is -1.18. The third-order valence-electron chi connectivity index (χ3n) is 3.86. The van der Waals surface area contributed by atoms with Crippen molar-refractivity contribution in [3.8, 4) is 0 Å². The van der Waals surface area contributed by atoms with Crippen molar-refractivity contribution in [1.29, 1.82) is 0 Å². The average molecular weight is 327 g/mol. The molecule has 5 nitrogen and oxygen atoms in total. The lowest BCUT2D eigenvalue weighted by Gasteiger charge is -2.36. The second-order valence-electron chi connectivity index (χ2n) is 5.51. The summed E-state index contributed by atoms with van der Waals surface area (Å²) in [6, 6.07) is 11.3. The normalized spacial score (nSPS) is 20.1. The fourth-order valence-electron chi connectivity index (χ4n) is 2.51. The lowest BCUT2D eigenvalue weighted by Crippen LogP contribution is -2.55. The monoisotopic (exact) mass is 327 g/mol. The van der Waals surface area contributed by atoms with Crippen molar-refractivity contribution in [3.63, 3.8) is 0 Å². The van der Waals surface area contributed by atoms with Crippen LogP contribution >= 0.6 is 11.8 Å². The minimum Gasteiger partial charge on any atom is -0.350 e. The van der Waals surface area contributed by atoms with Crippen LogP contribution in [0, 0.1) is 0 Å². The molecule has 0 spiro atoms. The van der Waals surface area contributed by atoms with Gasteiger partial charge >= 0.3 is 0 Å². The maximum absolute atomic E-state index is 12.7. The summed E-state index contributed by atoms with van der Waals surface area (Å²) >= 11 is 1.30. The van der Waals surface area contributed by atoms with Gasteiger partial charge in [0.05, 0.1) is 5.69 Å². The standard InChI is InChI=1S/C17H17N3O2S/c1-17(15(21)19-11-12-6-5-9-18-10-12)16(22)20(2)13-7-3-4-8-14(13)23-17/h3-10H,11H2,1-2H3,(H,19,21). The Morgan fingerprint density at radius 2 is 2.09 bits per heavy atom. The number of benzene rings is 1. The second-order valence-corrected chi connectivity index (χ2v) is 6.97. The zero-order valence-electron chi connectivity index (χ0n) is 12.9. The summed E-state index contributed by atoms with van der Waals surface area (Å²) in [6.07, 6.45) is 3.37. The highest BCUT2D eigenvalue weighted by atomic mass is 32.2. The van der Waals surface area contributed by atoms with Gasteiger partial charge in [-0.15, -0.1) is 0 Å². The first-order valence-corrected chi connectivity index (χ1v) is 8.07. The van der Waals surface area contributed by atoms with E-state index in [0.29, 0.717) is 6.54 Å². The summed E-state index contributed by atoms with van der Waals surface area (Å²) in [6.45, 7) is 2.02. The minimum absolute atomic E-state index is 0.218. The SMILES string of the molecule is CN1C(=O)C(C)(C(=O)NCc2cccnc2)Sc2ccccc21. The molecule has 1 atom stereocenters. The van der Waals surface area contributed by atoms with E-state index in [1.165, 1.54) is 11.8 Å². The van der Waals surface area contributed by atoms with Crippen molar-refractivity contribution in [3.05, 3.63) is 54.4 Å². The molecule has 0 bridgehead atoms. The molecule has 23 heavy (non-hydrogen) atoms. The summed E-state index contributed by atoms with van der Waals surface area (Å²) < 4.78 is -1.18. The first-order chi connectivity index (χ1) is 11.0. The Balaban J connectivity index is 1.81. The summed E-state index contributed by atoms with van der Waals surface area (Å²) in [5.41, 5.74) is 1.73. The van der Waals surface area contributed by atoms with Crippen molar-refractivity contribution >= 4 is 29.3 Å². The highest BCUT2D eigenvalue weighted by Crippen LogP contribution is 2.44. The number of hydrogen-bond acceptors (Lipinski definition) is 4. The Kier molecular flexibility index (Phi) is 4.09. The molecule has 118 valence electrons. The number of thioether (sulfide) groups is 1. The molecule has 0 aliphatic carbocycles. The highest BCUT2D eigenvalue weighted by Gasteiger charge is 2.48. The predicted octanol–water partition coefficient (Wildman–Crippen LogP) is 2.23. The van der Waals surface area contributed by atoms with E-state index in [1.54, 1.807) is 31.3 Å². The number of para-hydroxylation sites is 1. The maximum atomic E-state index is 12.7. The number of rotatable bonds is 3. The van der Waals surface area contributed by atoms with Crippen LogP contribution in [-0.2, 0) is 16.1 Å². The van der Waals surface area contributed by atoms with Crippen molar-refractivity contribution in [2.24, 2.45) is 0 Å². The van der Waals surface area contributed by atoms with Crippen molar-refractivity contribution in [2.75, 3.05) is 11.9 Å². The molecular formula is C17H17N3O2S. The molecule has 0 radical (unpaired) electrons. The molecule has 1 aromatic heterocycles. The third-order valence-corrected chi connectivity index (χ3v) is 5.20. The zero-order chi connectivity index (χ0) is 16.4. The molecule has 1 N–H and O–H groups in total. The van der Waals surface area contributed by atoms with Crippen LogP contribution in [0.25, 0.3) is 0 Å². The van der Waals surface area contributed by atoms with Gasteiger partial charge in [0.2, 0.25) is 5.91 Å². The van der Waals surface area contributed by atoms with E-state index < -0.39 is 4.75 Å². The van der Waals surface area contributed by atoms with E-state index >= 15 is 0 Å². The van der Waals surface area contributed by atoms with Gasteiger partial charge in [0.15, 0.2) is 4.75 Å². The number of anilines is 1. The number of fused-ring (bicyclic) bond motifs is 1. The fourth-order valence-corrected chi connectivity index (χ4v) is 3.80. The Morgan fingerprint density at radius 3 is 2.83 bits per heavy atom. The van der Waals surface area contributed by atoms with E-state index in [0.717, 1.165) is 16.1 Å². The number of nitrogens with one attached hydrogen (secondary N) is 1. The van der Waals surface area contributed by atoms with Crippen molar-refractivity contribution < 1.29 is 9.59 Å². The summed E-state index contributed by atoms with van der Waals surface area (Å²) in [5, 5.41) is 2.84. The zero-order valence-corrected chi connectivity index (χ0v) is 13.8. The largest absolute Gasteiger partial charge is 0.350 e. The van der Waals surface area contributed by atoms with E-state index in [9.17, 15) is 9.59 Å². The maximum Gasteiger partial charge on any atom is 0.252 e. The molecule has 6 heteroatoms. The predicted molar refractivity (Wildman–Crippen MR) is 90.2 cm³/mol. The molecule has 1 aliphatic heterocycles. The molecule has 3 rings (SSSR count). The second kappa shape index (κ2) is 6.04. The van der Waals surface area contributed by atoms with Gasteiger partial charge in [0.25, 0.3) is 5.91 Å². The van der Waals surface area contributed by atoms with Gasteiger partial charge in [-0.05, 0) is 30.7 Å². The van der Waals surface area contributed by atoms with Gasteiger partial charge < -0.3 is 10.2 Å². The van der Waals surface area contributed by atoms with Gasteiger partial charge in [0.1, 0.15) is 0 Å². The Labute approximate surface area is 139 Å². The topological polar surface area (TPSA) is 62.3 Å².